The zero-order valence-corrected chi connectivity index (χ0v) is 15.3. The van der Waals surface area contributed by atoms with Gasteiger partial charge in [0.1, 0.15) is 5.60 Å². The molecule has 2 aromatic rings. The van der Waals surface area contributed by atoms with Gasteiger partial charge in [-0.05, 0) is 25.0 Å². The van der Waals surface area contributed by atoms with Gasteiger partial charge in [0.2, 0.25) is 0 Å². The molecule has 0 aliphatic heterocycles. The molecule has 0 heterocycles. The molecule has 2 aromatic carbocycles. The van der Waals surface area contributed by atoms with Crippen LogP contribution in [-0.4, -0.2) is 57.9 Å². The van der Waals surface area contributed by atoms with Crippen molar-refractivity contribution in [2.24, 2.45) is 0 Å². The van der Waals surface area contributed by atoms with E-state index in [1.165, 1.54) is 13.8 Å². The van der Waals surface area contributed by atoms with Gasteiger partial charge in [0.25, 0.3) is 0 Å². The van der Waals surface area contributed by atoms with Crippen LogP contribution in [0.15, 0.2) is 54.6 Å². The number of aliphatic hydroxyl groups is 3. The Balaban J connectivity index is 2.40. The Bertz CT molecular complexity index is 686. The fourth-order valence-corrected chi connectivity index (χ4v) is 3.05. The average molecular weight is 357 g/mol. The number of benzene rings is 2. The molecule has 0 amide bonds. The number of rotatable bonds is 9. The minimum Gasteiger partial charge on any atom is -0.395 e. The molecule has 5 nitrogen and oxygen atoms in total. The first-order valence-electron chi connectivity index (χ1n) is 8.76. The van der Waals surface area contributed by atoms with Crippen LogP contribution in [0.1, 0.15) is 41.4 Å². The second kappa shape index (κ2) is 9.05. The first-order chi connectivity index (χ1) is 12.4. The highest BCUT2D eigenvalue weighted by atomic mass is 16.3. The number of carbonyl (C=O) groups excluding carboxylic acids is 1. The maximum atomic E-state index is 12.2. The van der Waals surface area contributed by atoms with E-state index in [0.717, 1.165) is 11.1 Å². The van der Waals surface area contributed by atoms with Crippen LogP contribution in [0.5, 0.6) is 0 Å². The third-order valence-corrected chi connectivity index (χ3v) is 4.30. The molecule has 0 saturated carbocycles. The second-order valence-electron chi connectivity index (χ2n) is 6.81. The molecule has 0 aliphatic rings. The smallest absolute Gasteiger partial charge is 0.193 e. The Hall–Kier alpha value is -2.05. The van der Waals surface area contributed by atoms with Crippen molar-refractivity contribution >= 4 is 5.78 Å². The van der Waals surface area contributed by atoms with E-state index in [4.69, 9.17) is 0 Å². The van der Waals surface area contributed by atoms with Crippen LogP contribution >= 0.6 is 0 Å². The van der Waals surface area contributed by atoms with Crippen molar-refractivity contribution in [1.29, 1.82) is 0 Å². The third-order valence-electron chi connectivity index (χ3n) is 4.30. The van der Waals surface area contributed by atoms with Gasteiger partial charge in [-0.2, -0.15) is 0 Å². The molecule has 0 saturated heterocycles. The molecule has 1 atom stereocenters. The summed E-state index contributed by atoms with van der Waals surface area (Å²) in [5.74, 6) is -0.331. The highest BCUT2D eigenvalue weighted by Gasteiger charge is 2.26. The first kappa shape index (κ1) is 20.3. The van der Waals surface area contributed by atoms with E-state index in [1.807, 2.05) is 47.4 Å². The van der Waals surface area contributed by atoms with E-state index in [2.05, 4.69) is 0 Å². The summed E-state index contributed by atoms with van der Waals surface area (Å²) in [5.41, 5.74) is 1.02. The number of hydrogen-bond acceptors (Lipinski definition) is 5. The van der Waals surface area contributed by atoms with Crippen molar-refractivity contribution in [2.45, 2.75) is 25.5 Å². The Morgan fingerprint density at radius 2 is 1.42 bits per heavy atom. The number of hydrogen-bond donors (Lipinski definition) is 3. The van der Waals surface area contributed by atoms with Gasteiger partial charge in [-0.1, -0.05) is 54.6 Å². The van der Waals surface area contributed by atoms with E-state index >= 15 is 0 Å². The minimum absolute atomic E-state index is 0.0153. The van der Waals surface area contributed by atoms with Gasteiger partial charge < -0.3 is 15.3 Å². The van der Waals surface area contributed by atoms with E-state index in [0.29, 0.717) is 18.7 Å². The molecule has 0 spiro atoms. The van der Waals surface area contributed by atoms with Crippen molar-refractivity contribution in [3.8, 4) is 0 Å². The van der Waals surface area contributed by atoms with Gasteiger partial charge in [-0.3, -0.25) is 9.69 Å². The quantitative estimate of drug-likeness (QED) is 0.598. The molecule has 0 radical (unpaired) electrons. The standard InChI is InChI=1S/C21H27NO4/c1-21(2,26)20(25)18-10-8-17(9-11-18)19(16-6-4-3-5-7-16)22(12-14-23)13-15-24/h3-11,19,23-24,26H,12-15H2,1-2H3. The maximum Gasteiger partial charge on any atom is 0.193 e. The van der Waals surface area contributed by atoms with Gasteiger partial charge in [-0.25, -0.2) is 0 Å². The lowest BCUT2D eigenvalue weighted by Gasteiger charge is -2.31. The monoisotopic (exact) mass is 357 g/mol. The molecule has 0 aliphatic carbocycles. The molecule has 3 N–H and O–H groups in total. The SMILES string of the molecule is CC(C)(O)C(=O)c1ccc(C(c2ccccc2)N(CCO)CCO)cc1. The lowest BCUT2D eigenvalue weighted by atomic mass is 9.92. The number of ketones is 1. The lowest BCUT2D eigenvalue weighted by molar-refractivity contribution is 0.0488. The predicted octanol–water partition coefficient (Wildman–Crippen LogP) is 2.02. The van der Waals surface area contributed by atoms with Crippen LogP contribution in [0.3, 0.4) is 0 Å². The van der Waals surface area contributed by atoms with Gasteiger partial charge in [0.15, 0.2) is 5.78 Å². The van der Waals surface area contributed by atoms with E-state index in [9.17, 15) is 20.1 Å². The molecule has 140 valence electrons. The number of Topliss-reactive ketones (excluding diaryl/α,β-unsaturated/α-hetero) is 1. The van der Waals surface area contributed by atoms with E-state index < -0.39 is 5.60 Å². The molecule has 0 bridgehead atoms. The van der Waals surface area contributed by atoms with Crippen molar-refractivity contribution in [1.82, 2.24) is 4.90 Å². The Labute approximate surface area is 154 Å². The molecular weight excluding hydrogens is 330 g/mol. The summed E-state index contributed by atoms with van der Waals surface area (Å²) < 4.78 is 0. The van der Waals surface area contributed by atoms with Crippen LogP contribution in [0, 0.1) is 0 Å². The fraction of sp³-hybridized carbons (Fsp3) is 0.381. The normalized spacial score (nSPS) is 13.0. The van der Waals surface area contributed by atoms with Gasteiger partial charge in [0, 0.05) is 18.7 Å². The Kier molecular flexibility index (Phi) is 7.06. The number of carbonyl (C=O) groups is 1. The number of aliphatic hydroxyl groups excluding tert-OH is 2. The largest absolute Gasteiger partial charge is 0.395 e. The van der Waals surface area contributed by atoms with E-state index in [1.54, 1.807) is 12.1 Å². The second-order valence-corrected chi connectivity index (χ2v) is 6.81. The van der Waals surface area contributed by atoms with Gasteiger partial charge >= 0.3 is 0 Å². The predicted molar refractivity (Wildman–Crippen MR) is 101 cm³/mol. The minimum atomic E-state index is -1.42. The lowest BCUT2D eigenvalue weighted by Crippen LogP contribution is -2.34. The summed E-state index contributed by atoms with van der Waals surface area (Å²) in [6.45, 7) is 3.76. The third kappa shape index (κ3) is 4.99. The number of nitrogens with zero attached hydrogens (tertiary/aromatic N) is 1. The average Bonchev–Trinajstić information content (AvgIpc) is 2.62. The first-order valence-corrected chi connectivity index (χ1v) is 8.76. The van der Waals surface area contributed by atoms with E-state index in [-0.39, 0.29) is 25.0 Å². The van der Waals surface area contributed by atoms with Crippen molar-refractivity contribution in [3.63, 3.8) is 0 Å². The summed E-state index contributed by atoms with van der Waals surface area (Å²) in [4.78, 5) is 14.2. The Morgan fingerprint density at radius 1 is 0.923 bits per heavy atom. The zero-order valence-electron chi connectivity index (χ0n) is 15.3. The topological polar surface area (TPSA) is 81.0 Å². The van der Waals surface area contributed by atoms with Crippen LogP contribution in [0.25, 0.3) is 0 Å². The van der Waals surface area contributed by atoms with Gasteiger partial charge in [0.05, 0.1) is 19.3 Å². The molecule has 5 heteroatoms. The zero-order chi connectivity index (χ0) is 19.2. The summed E-state index contributed by atoms with van der Waals surface area (Å²) in [6, 6.07) is 16.8. The maximum absolute atomic E-state index is 12.2. The van der Waals surface area contributed by atoms with Gasteiger partial charge in [-0.15, -0.1) is 0 Å². The highest BCUT2D eigenvalue weighted by Crippen LogP contribution is 2.29. The van der Waals surface area contributed by atoms with Crippen molar-refractivity contribution < 1.29 is 20.1 Å². The summed E-state index contributed by atoms with van der Waals surface area (Å²) in [7, 11) is 0. The highest BCUT2D eigenvalue weighted by molar-refractivity contribution is 6.01. The van der Waals surface area contributed by atoms with Crippen LogP contribution in [-0.2, 0) is 0 Å². The molecule has 0 aromatic heterocycles. The fourth-order valence-electron chi connectivity index (χ4n) is 3.05. The van der Waals surface area contributed by atoms with Crippen LogP contribution < -0.4 is 0 Å². The Morgan fingerprint density at radius 3 is 1.88 bits per heavy atom. The summed E-state index contributed by atoms with van der Waals surface area (Å²) in [5, 5.41) is 28.7. The van der Waals surface area contributed by atoms with Crippen molar-refractivity contribution in [2.75, 3.05) is 26.3 Å². The molecular formula is C21H27NO4. The molecule has 2 rings (SSSR count). The molecule has 1 unspecified atom stereocenters. The van der Waals surface area contributed by atoms with Crippen LogP contribution in [0.2, 0.25) is 0 Å². The van der Waals surface area contributed by atoms with Crippen molar-refractivity contribution in [3.05, 3.63) is 71.3 Å². The summed E-state index contributed by atoms with van der Waals surface area (Å²) in [6.07, 6.45) is 0. The molecule has 0 fully saturated rings. The van der Waals surface area contributed by atoms with Crippen LogP contribution in [0.4, 0.5) is 0 Å². The molecule has 26 heavy (non-hydrogen) atoms. The summed E-state index contributed by atoms with van der Waals surface area (Å²) >= 11 is 0.